The molecule has 3 rings (SSSR count). The zero-order valence-electron chi connectivity index (χ0n) is 15.6. The van der Waals surface area contributed by atoms with E-state index < -0.39 is 0 Å². The van der Waals surface area contributed by atoms with Gasteiger partial charge in [-0.3, -0.25) is 9.67 Å². The maximum atomic E-state index is 4.45. The van der Waals surface area contributed by atoms with E-state index in [4.69, 9.17) is 0 Å². The van der Waals surface area contributed by atoms with Gasteiger partial charge in [-0.2, -0.15) is 5.10 Å². The molecule has 8 nitrogen and oxygen atoms in total. The summed E-state index contributed by atoms with van der Waals surface area (Å²) in [5.41, 5.74) is 3.43. The van der Waals surface area contributed by atoms with Crippen LogP contribution in [0.4, 0.5) is 0 Å². The largest absolute Gasteiger partial charge is 0.352 e. The number of rotatable bonds is 4. The second kappa shape index (κ2) is 7.67. The molecule has 2 aromatic heterocycles. The van der Waals surface area contributed by atoms with E-state index in [9.17, 15) is 0 Å². The summed E-state index contributed by atoms with van der Waals surface area (Å²) in [4.78, 5) is 4.31. The van der Waals surface area contributed by atoms with Crippen LogP contribution in [0.1, 0.15) is 47.9 Å². The monoisotopic (exact) mass is 344 g/mol. The minimum absolute atomic E-state index is 0.623. The van der Waals surface area contributed by atoms with E-state index in [1.807, 2.05) is 18.7 Å². The van der Waals surface area contributed by atoms with Gasteiger partial charge in [-0.1, -0.05) is 6.42 Å². The third kappa shape index (κ3) is 3.83. The number of hydrogen-bond donors (Lipinski definition) is 2. The fourth-order valence-corrected chi connectivity index (χ4v) is 3.30. The van der Waals surface area contributed by atoms with Crippen molar-refractivity contribution >= 4 is 5.96 Å². The summed E-state index contributed by atoms with van der Waals surface area (Å²) in [6.45, 7) is 6.45. The number of aliphatic imine (C=N–C) groups is 1. The number of hydrogen-bond acceptors (Lipinski definition) is 4. The first kappa shape index (κ1) is 17.4. The van der Waals surface area contributed by atoms with E-state index in [1.165, 1.54) is 30.5 Å². The minimum Gasteiger partial charge on any atom is -0.352 e. The number of aryl methyl sites for hydroxylation is 3. The van der Waals surface area contributed by atoms with Crippen molar-refractivity contribution in [1.82, 2.24) is 35.2 Å². The summed E-state index contributed by atoms with van der Waals surface area (Å²) in [6.07, 6.45) is 4.70. The second-order valence-corrected chi connectivity index (χ2v) is 6.55. The fraction of sp³-hybridized carbons (Fsp3) is 0.647. The molecule has 25 heavy (non-hydrogen) atoms. The van der Waals surface area contributed by atoms with Crippen molar-refractivity contribution in [3.05, 3.63) is 28.6 Å². The molecule has 0 spiro atoms. The summed E-state index contributed by atoms with van der Waals surface area (Å²) in [5.74, 6) is 2.85. The van der Waals surface area contributed by atoms with E-state index in [0.717, 1.165) is 36.3 Å². The molecule has 3 heterocycles. The molecule has 0 unspecified atom stereocenters. The smallest absolute Gasteiger partial charge is 0.191 e. The second-order valence-electron chi connectivity index (χ2n) is 6.55. The topological polar surface area (TPSA) is 84.9 Å². The van der Waals surface area contributed by atoms with E-state index >= 15 is 0 Å². The van der Waals surface area contributed by atoms with E-state index in [-0.39, 0.29) is 0 Å². The molecule has 0 atom stereocenters. The van der Waals surface area contributed by atoms with Crippen LogP contribution in [0.3, 0.4) is 0 Å². The number of guanidine groups is 1. The number of aromatic nitrogens is 5. The predicted molar refractivity (Wildman–Crippen MR) is 97.3 cm³/mol. The Kier molecular flexibility index (Phi) is 5.35. The molecule has 0 saturated heterocycles. The highest BCUT2D eigenvalue weighted by Crippen LogP contribution is 2.14. The normalized spacial score (nSPS) is 15.0. The first-order chi connectivity index (χ1) is 12.1. The van der Waals surface area contributed by atoms with E-state index in [0.29, 0.717) is 13.1 Å². The summed E-state index contributed by atoms with van der Waals surface area (Å²) in [5, 5.41) is 19.9. The first-order valence-corrected chi connectivity index (χ1v) is 8.94. The van der Waals surface area contributed by atoms with Gasteiger partial charge in [-0.25, -0.2) is 0 Å². The molecule has 0 fully saturated rings. The van der Waals surface area contributed by atoms with Crippen LogP contribution >= 0.6 is 0 Å². The lowest BCUT2D eigenvalue weighted by molar-refractivity contribution is 0.596. The van der Waals surface area contributed by atoms with Gasteiger partial charge in [0, 0.05) is 44.9 Å². The fourth-order valence-electron chi connectivity index (χ4n) is 3.30. The van der Waals surface area contributed by atoms with Crippen LogP contribution < -0.4 is 10.6 Å². The Labute approximate surface area is 148 Å². The Balaban J connectivity index is 1.59. The molecule has 0 aliphatic carbocycles. The van der Waals surface area contributed by atoms with Crippen LogP contribution in [-0.4, -0.2) is 37.6 Å². The van der Waals surface area contributed by atoms with Gasteiger partial charge in [0.2, 0.25) is 0 Å². The lowest BCUT2D eigenvalue weighted by Gasteiger charge is -2.13. The molecule has 8 heteroatoms. The van der Waals surface area contributed by atoms with Gasteiger partial charge in [0.25, 0.3) is 0 Å². The molecular formula is C17H28N8. The van der Waals surface area contributed by atoms with E-state index in [2.05, 4.69) is 42.4 Å². The maximum Gasteiger partial charge on any atom is 0.191 e. The molecular weight excluding hydrogens is 316 g/mol. The van der Waals surface area contributed by atoms with Crippen LogP contribution in [-0.2, 0) is 33.1 Å². The van der Waals surface area contributed by atoms with Gasteiger partial charge in [-0.15, -0.1) is 10.2 Å². The molecule has 2 N–H and O–H groups in total. The average Bonchev–Trinajstić information content (AvgIpc) is 2.98. The van der Waals surface area contributed by atoms with Crippen LogP contribution in [0, 0.1) is 13.8 Å². The average molecular weight is 344 g/mol. The van der Waals surface area contributed by atoms with Gasteiger partial charge in [0.15, 0.2) is 11.8 Å². The zero-order chi connectivity index (χ0) is 17.8. The van der Waals surface area contributed by atoms with Crippen LogP contribution in [0.25, 0.3) is 0 Å². The summed E-state index contributed by atoms with van der Waals surface area (Å²) >= 11 is 0. The van der Waals surface area contributed by atoms with Crippen LogP contribution in [0.15, 0.2) is 4.99 Å². The highest BCUT2D eigenvalue weighted by Gasteiger charge is 2.15. The Morgan fingerprint density at radius 3 is 2.64 bits per heavy atom. The number of nitrogens with one attached hydrogen (secondary N) is 2. The van der Waals surface area contributed by atoms with Crippen molar-refractivity contribution in [1.29, 1.82) is 0 Å². The van der Waals surface area contributed by atoms with Crippen molar-refractivity contribution < 1.29 is 0 Å². The van der Waals surface area contributed by atoms with Crippen LogP contribution in [0.5, 0.6) is 0 Å². The van der Waals surface area contributed by atoms with Gasteiger partial charge >= 0.3 is 0 Å². The summed E-state index contributed by atoms with van der Waals surface area (Å²) in [6, 6.07) is 0. The predicted octanol–water partition coefficient (Wildman–Crippen LogP) is 1.22. The molecule has 1 aliphatic rings. The van der Waals surface area contributed by atoms with Gasteiger partial charge < -0.3 is 15.2 Å². The Bertz CT molecular complexity index is 755. The third-order valence-electron chi connectivity index (χ3n) is 4.92. The first-order valence-electron chi connectivity index (χ1n) is 8.94. The Morgan fingerprint density at radius 1 is 1.12 bits per heavy atom. The molecule has 2 aromatic rings. The van der Waals surface area contributed by atoms with Crippen LogP contribution in [0.2, 0.25) is 0 Å². The molecule has 0 bridgehead atoms. The lowest BCUT2D eigenvalue weighted by Crippen LogP contribution is -2.37. The lowest BCUT2D eigenvalue weighted by atomic mass is 10.2. The molecule has 0 aromatic carbocycles. The number of fused-ring (bicyclic) bond motifs is 1. The highest BCUT2D eigenvalue weighted by molar-refractivity contribution is 5.79. The molecule has 1 aliphatic heterocycles. The van der Waals surface area contributed by atoms with E-state index in [1.54, 1.807) is 7.05 Å². The van der Waals surface area contributed by atoms with Crippen molar-refractivity contribution in [2.24, 2.45) is 12.0 Å². The number of nitrogens with zero attached hydrogens (tertiary/aromatic N) is 6. The SMILES string of the molecule is CN=C(NCc1c(C)nn(C)c1C)NCc1nnc2n1CCCCC2. The summed E-state index contributed by atoms with van der Waals surface area (Å²) < 4.78 is 4.16. The van der Waals surface area contributed by atoms with Gasteiger partial charge in [0.05, 0.1) is 12.2 Å². The third-order valence-corrected chi connectivity index (χ3v) is 4.92. The molecule has 136 valence electrons. The maximum absolute atomic E-state index is 4.45. The minimum atomic E-state index is 0.623. The quantitative estimate of drug-likeness (QED) is 0.643. The standard InChI is InChI=1S/C17H28N8/c1-12-14(13(2)24(4)23-12)10-19-17(18-3)20-11-16-22-21-15-8-6-5-7-9-25(15)16/h5-11H2,1-4H3,(H2,18,19,20). The van der Waals surface area contributed by atoms with Gasteiger partial charge in [0.1, 0.15) is 5.82 Å². The van der Waals surface area contributed by atoms with Crippen molar-refractivity contribution in [2.75, 3.05) is 7.05 Å². The zero-order valence-corrected chi connectivity index (χ0v) is 15.6. The highest BCUT2D eigenvalue weighted by atomic mass is 15.3. The Morgan fingerprint density at radius 2 is 1.92 bits per heavy atom. The van der Waals surface area contributed by atoms with Crippen molar-refractivity contribution in [3.8, 4) is 0 Å². The summed E-state index contributed by atoms with van der Waals surface area (Å²) in [7, 11) is 3.75. The molecule has 0 amide bonds. The van der Waals surface area contributed by atoms with Crippen molar-refractivity contribution in [2.45, 2.75) is 59.2 Å². The van der Waals surface area contributed by atoms with Gasteiger partial charge in [-0.05, 0) is 26.7 Å². The molecule has 0 radical (unpaired) electrons. The Hall–Kier alpha value is -2.38. The van der Waals surface area contributed by atoms with Crippen molar-refractivity contribution in [3.63, 3.8) is 0 Å². The molecule has 0 saturated carbocycles.